The molecule has 0 aliphatic carbocycles. The van der Waals surface area contributed by atoms with Crippen LogP contribution in [0.5, 0.6) is 5.75 Å². The first-order valence-corrected chi connectivity index (χ1v) is 7.17. The third-order valence-corrected chi connectivity index (χ3v) is 3.56. The van der Waals surface area contributed by atoms with Crippen LogP contribution in [0.4, 0.5) is 5.69 Å². The molecule has 5 heteroatoms. The molecular weight excluding hydrogens is 292 g/mol. The minimum absolute atomic E-state index is 0.253. The van der Waals surface area contributed by atoms with E-state index in [9.17, 15) is 9.59 Å². The van der Waals surface area contributed by atoms with Crippen molar-refractivity contribution in [2.75, 3.05) is 12.1 Å². The first kappa shape index (κ1) is 14.8. The summed E-state index contributed by atoms with van der Waals surface area (Å²) in [5.74, 6) is 0.209. The zero-order valence-corrected chi connectivity index (χ0v) is 12.9. The Morgan fingerprint density at radius 3 is 2.48 bits per heavy atom. The number of fused-ring (bicyclic) bond motifs is 1. The van der Waals surface area contributed by atoms with Gasteiger partial charge in [-0.05, 0) is 29.8 Å². The number of carbonyl (C=O) groups is 2. The Morgan fingerprint density at radius 1 is 1.13 bits per heavy atom. The molecular formula is C18H16N2O3. The van der Waals surface area contributed by atoms with Crippen LogP contribution >= 0.6 is 0 Å². The number of nitrogens with one attached hydrogen (secondary N) is 1. The van der Waals surface area contributed by atoms with Gasteiger partial charge in [0.05, 0.1) is 18.4 Å². The lowest BCUT2D eigenvalue weighted by atomic mass is 10.0. The average Bonchev–Trinajstić information content (AvgIpc) is 2.81. The molecule has 1 aliphatic rings. The summed E-state index contributed by atoms with van der Waals surface area (Å²) < 4.78 is 5.13. The van der Waals surface area contributed by atoms with Crippen LogP contribution in [0.2, 0.25) is 0 Å². The number of para-hydroxylation sites is 1. The monoisotopic (exact) mass is 308 g/mol. The maximum Gasteiger partial charge on any atom is 0.277 e. The van der Waals surface area contributed by atoms with Crippen molar-refractivity contribution in [2.45, 2.75) is 6.92 Å². The van der Waals surface area contributed by atoms with Gasteiger partial charge in [-0.25, -0.2) is 5.01 Å². The molecule has 0 saturated carbocycles. The number of anilines is 1. The highest BCUT2D eigenvalue weighted by atomic mass is 16.5. The molecule has 0 unspecified atom stereocenters. The van der Waals surface area contributed by atoms with E-state index >= 15 is 0 Å². The van der Waals surface area contributed by atoms with E-state index in [0.717, 1.165) is 16.9 Å². The topological polar surface area (TPSA) is 58.6 Å². The van der Waals surface area contributed by atoms with E-state index in [1.165, 1.54) is 11.9 Å². The van der Waals surface area contributed by atoms with Crippen molar-refractivity contribution in [3.05, 3.63) is 59.7 Å². The molecule has 0 atom stereocenters. The second kappa shape index (κ2) is 5.96. The Bertz CT molecular complexity index is 794. The molecule has 116 valence electrons. The summed E-state index contributed by atoms with van der Waals surface area (Å²) in [5.41, 5.74) is 5.46. The molecule has 2 amide bonds. The summed E-state index contributed by atoms with van der Waals surface area (Å²) in [6.07, 6.45) is 1.81. The van der Waals surface area contributed by atoms with Crippen LogP contribution in [0, 0.1) is 0 Å². The predicted molar refractivity (Wildman–Crippen MR) is 88.6 cm³/mol. The Labute approximate surface area is 134 Å². The first-order chi connectivity index (χ1) is 11.1. The highest BCUT2D eigenvalue weighted by Gasteiger charge is 2.32. The van der Waals surface area contributed by atoms with Gasteiger partial charge < -0.3 is 4.74 Å². The largest absolute Gasteiger partial charge is 0.497 e. The molecule has 0 saturated heterocycles. The molecule has 0 fully saturated rings. The van der Waals surface area contributed by atoms with Gasteiger partial charge in [-0.1, -0.05) is 30.3 Å². The van der Waals surface area contributed by atoms with Gasteiger partial charge in [-0.3, -0.25) is 15.0 Å². The lowest BCUT2D eigenvalue weighted by Gasteiger charge is -2.16. The number of benzene rings is 2. The number of carbonyl (C=O) groups excluding carboxylic acids is 2. The van der Waals surface area contributed by atoms with Crippen LogP contribution in [0.25, 0.3) is 11.6 Å². The van der Waals surface area contributed by atoms with Gasteiger partial charge in [-0.2, -0.15) is 0 Å². The summed E-state index contributed by atoms with van der Waals surface area (Å²) in [4.78, 5) is 24.0. The summed E-state index contributed by atoms with van der Waals surface area (Å²) in [6, 6.07) is 14.8. The van der Waals surface area contributed by atoms with Gasteiger partial charge in [0.15, 0.2) is 0 Å². The van der Waals surface area contributed by atoms with Gasteiger partial charge in [0.25, 0.3) is 5.91 Å². The van der Waals surface area contributed by atoms with Crippen molar-refractivity contribution in [2.24, 2.45) is 0 Å². The number of hydrogen-bond acceptors (Lipinski definition) is 3. The quantitative estimate of drug-likeness (QED) is 0.887. The van der Waals surface area contributed by atoms with Gasteiger partial charge in [0, 0.05) is 12.5 Å². The molecule has 23 heavy (non-hydrogen) atoms. The maximum atomic E-state index is 12.6. The van der Waals surface area contributed by atoms with Crippen molar-refractivity contribution in [3.8, 4) is 5.75 Å². The summed E-state index contributed by atoms with van der Waals surface area (Å²) in [5, 5.41) is 1.28. The highest BCUT2D eigenvalue weighted by molar-refractivity contribution is 6.35. The van der Waals surface area contributed by atoms with E-state index in [1.54, 1.807) is 13.2 Å². The van der Waals surface area contributed by atoms with Crippen LogP contribution in [0.1, 0.15) is 18.1 Å². The van der Waals surface area contributed by atoms with E-state index in [1.807, 2.05) is 48.5 Å². The number of amides is 2. The maximum absolute atomic E-state index is 12.6. The van der Waals surface area contributed by atoms with Crippen LogP contribution in [-0.4, -0.2) is 18.9 Å². The van der Waals surface area contributed by atoms with Gasteiger partial charge >= 0.3 is 0 Å². The van der Waals surface area contributed by atoms with E-state index < -0.39 is 0 Å². The summed E-state index contributed by atoms with van der Waals surface area (Å²) in [6.45, 7) is 1.38. The highest BCUT2D eigenvalue weighted by Crippen LogP contribution is 2.36. The zero-order valence-electron chi connectivity index (χ0n) is 12.9. The molecule has 0 radical (unpaired) electrons. The fraction of sp³-hybridized carbons (Fsp3) is 0.111. The Kier molecular flexibility index (Phi) is 3.85. The van der Waals surface area contributed by atoms with Crippen LogP contribution in [0.3, 0.4) is 0 Å². The van der Waals surface area contributed by atoms with Crippen molar-refractivity contribution in [1.29, 1.82) is 0 Å². The van der Waals surface area contributed by atoms with Gasteiger partial charge in [0.1, 0.15) is 5.75 Å². The molecule has 5 nitrogen and oxygen atoms in total. The summed E-state index contributed by atoms with van der Waals surface area (Å²) in [7, 11) is 1.61. The fourth-order valence-corrected chi connectivity index (χ4v) is 2.52. The van der Waals surface area contributed by atoms with Gasteiger partial charge in [-0.15, -0.1) is 0 Å². The zero-order chi connectivity index (χ0) is 16.4. The van der Waals surface area contributed by atoms with E-state index in [-0.39, 0.29) is 11.8 Å². The van der Waals surface area contributed by atoms with Crippen molar-refractivity contribution < 1.29 is 14.3 Å². The normalized spacial score (nSPS) is 14.8. The Morgan fingerprint density at radius 2 is 1.83 bits per heavy atom. The molecule has 1 aliphatic heterocycles. The molecule has 3 rings (SSSR count). The standard InChI is InChI=1S/C18H16N2O3/c1-12(21)19-20-17-6-4-3-5-15(17)16(18(20)22)11-13-7-9-14(23-2)10-8-13/h3-11H,1-2H3,(H,19,21)/b16-11+. The minimum Gasteiger partial charge on any atom is -0.497 e. The summed E-state index contributed by atoms with van der Waals surface area (Å²) >= 11 is 0. The smallest absolute Gasteiger partial charge is 0.277 e. The second-order valence-corrected chi connectivity index (χ2v) is 5.16. The van der Waals surface area contributed by atoms with Crippen molar-refractivity contribution in [3.63, 3.8) is 0 Å². The Hall–Kier alpha value is -3.08. The second-order valence-electron chi connectivity index (χ2n) is 5.16. The lowest BCUT2D eigenvalue weighted by molar-refractivity contribution is -0.122. The number of hydrazine groups is 1. The van der Waals surface area contributed by atoms with E-state index in [0.29, 0.717) is 11.3 Å². The third kappa shape index (κ3) is 2.81. The molecule has 2 aromatic carbocycles. The van der Waals surface area contributed by atoms with Crippen LogP contribution < -0.4 is 15.2 Å². The lowest BCUT2D eigenvalue weighted by Crippen LogP contribution is -2.43. The number of rotatable bonds is 3. The average molecular weight is 308 g/mol. The first-order valence-electron chi connectivity index (χ1n) is 7.17. The van der Waals surface area contributed by atoms with Crippen molar-refractivity contribution in [1.82, 2.24) is 5.43 Å². The molecule has 0 spiro atoms. The van der Waals surface area contributed by atoms with Crippen LogP contribution in [-0.2, 0) is 9.59 Å². The van der Waals surface area contributed by atoms with Crippen LogP contribution in [0.15, 0.2) is 48.5 Å². The Balaban J connectivity index is 2.03. The number of nitrogens with zero attached hydrogens (tertiary/aromatic N) is 1. The predicted octanol–water partition coefficient (Wildman–Crippen LogP) is 2.63. The van der Waals surface area contributed by atoms with E-state index in [4.69, 9.17) is 4.74 Å². The number of hydrogen-bond donors (Lipinski definition) is 1. The minimum atomic E-state index is -0.293. The fourth-order valence-electron chi connectivity index (χ4n) is 2.52. The molecule has 0 bridgehead atoms. The SMILES string of the molecule is COc1ccc(/C=C2/C(=O)N(NC(C)=O)c3ccccc32)cc1. The molecule has 2 aromatic rings. The van der Waals surface area contributed by atoms with E-state index in [2.05, 4.69) is 5.43 Å². The third-order valence-electron chi connectivity index (χ3n) is 3.56. The number of ether oxygens (including phenoxy) is 1. The van der Waals surface area contributed by atoms with Gasteiger partial charge in [0.2, 0.25) is 5.91 Å². The number of methoxy groups -OCH3 is 1. The molecule has 0 aromatic heterocycles. The molecule has 1 heterocycles. The molecule has 1 N–H and O–H groups in total. The van der Waals surface area contributed by atoms with Crippen molar-refractivity contribution >= 4 is 29.2 Å².